The third-order valence-corrected chi connectivity index (χ3v) is 6.82. The van der Waals surface area contributed by atoms with Gasteiger partial charge >= 0.3 is 0 Å². The molecule has 0 atom stereocenters. The van der Waals surface area contributed by atoms with Crippen LogP contribution < -0.4 is 16.0 Å². The molecule has 3 N–H and O–H groups in total. The number of aliphatic hydroxyl groups is 2. The van der Waals surface area contributed by atoms with Crippen LogP contribution in [0.15, 0.2) is 51.0 Å². The van der Waals surface area contributed by atoms with E-state index < -0.39 is 0 Å². The molecule has 0 bridgehead atoms. The van der Waals surface area contributed by atoms with Crippen LogP contribution in [0, 0.1) is 5.92 Å². The number of carbonyl (C=O) groups excluding carboxylic acids is 1. The quantitative estimate of drug-likeness (QED) is 0.616. The number of nitrogens with one attached hydrogen (secondary N) is 1. The van der Waals surface area contributed by atoms with Crippen LogP contribution in [0.25, 0.3) is 11.1 Å². The fraction of sp³-hybridized carbons (Fsp3) is 0.481. The van der Waals surface area contributed by atoms with Gasteiger partial charge in [0, 0.05) is 37.7 Å². The second-order valence-corrected chi connectivity index (χ2v) is 9.54. The first-order chi connectivity index (χ1) is 16.3. The Balaban J connectivity index is 1.87. The highest BCUT2D eigenvalue weighted by Crippen LogP contribution is 2.32. The lowest BCUT2D eigenvalue weighted by atomic mass is 9.86. The molecule has 0 fully saturated rings. The highest BCUT2D eigenvalue weighted by Gasteiger charge is 2.26. The molecular formula is C27H35N3O4. The smallest absolute Gasteiger partial charge is 0.274 e. The van der Waals surface area contributed by atoms with Gasteiger partial charge in [-0.05, 0) is 55.4 Å². The van der Waals surface area contributed by atoms with Gasteiger partial charge in [-0.1, -0.05) is 43.7 Å². The average molecular weight is 466 g/mol. The minimum Gasteiger partial charge on any atom is -0.508 e. The van der Waals surface area contributed by atoms with E-state index in [0.29, 0.717) is 29.2 Å². The summed E-state index contributed by atoms with van der Waals surface area (Å²) in [6.45, 7) is 11.6. The van der Waals surface area contributed by atoms with Crippen LogP contribution >= 0.6 is 0 Å². The van der Waals surface area contributed by atoms with Gasteiger partial charge in [-0.15, -0.1) is 0 Å². The fourth-order valence-corrected chi connectivity index (χ4v) is 5.00. The van der Waals surface area contributed by atoms with Gasteiger partial charge < -0.3 is 20.1 Å². The van der Waals surface area contributed by atoms with Crippen molar-refractivity contribution in [1.82, 2.24) is 15.4 Å². The lowest BCUT2D eigenvalue weighted by Crippen LogP contribution is -2.36. The number of hydrogen-bond acceptors (Lipinski definition) is 6. The lowest BCUT2D eigenvalue weighted by Gasteiger charge is -2.31. The van der Waals surface area contributed by atoms with Gasteiger partial charge in [0.05, 0.1) is 5.22 Å². The van der Waals surface area contributed by atoms with Crippen molar-refractivity contribution in [2.45, 2.75) is 53.4 Å². The summed E-state index contributed by atoms with van der Waals surface area (Å²) in [6, 6.07) is 0. The van der Waals surface area contributed by atoms with Crippen molar-refractivity contribution in [3.8, 4) is 0 Å². The first-order valence-electron chi connectivity index (χ1n) is 12.3. The van der Waals surface area contributed by atoms with Crippen molar-refractivity contribution in [2.24, 2.45) is 5.92 Å². The van der Waals surface area contributed by atoms with E-state index in [0.717, 1.165) is 50.0 Å². The molecule has 4 rings (SSSR count). The minimum atomic E-state index is -0.298. The van der Waals surface area contributed by atoms with E-state index in [9.17, 15) is 15.0 Å². The number of rotatable bonds is 5. The molecule has 1 aromatic rings. The van der Waals surface area contributed by atoms with E-state index in [1.807, 2.05) is 20.8 Å². The minimum absolute atomic E-state index is 0.0603. The number of amides is 1. The largest absolute Gasteiger partial charge is 0.508 e. The molecule has 34 heavy (non-hydrogen) atoms. The summed E-state index contributed by atoms with van der Waals surface area (Å²) in [5.74, 6) is -0.180. The normalized spacial score (nSPS) is 22.3. The van der Waals surface area contributed by atoms with Crippen LogP contribution in [0.1, 0.15) is 63.9 Å². The molecule has 0 radical (unpaired) electrons. The van der Waals surface area contributed by atoms with Crippen LogP contribution in [0.4, 0.5) is 0 Å². The predicted octanol–water partition coefficient (Wildman–Crippen LogP) is 3.41. The monoisotopic (exact) mass is 465 g/mol. The molecule has 1 amide bonds. The second kappa shape index (κ2) is 10.1. The maximum absolute atomic E-state index is 12.9. The van der Waals surface area contributed by atoms with Crippen LogP contribution in [0.3, 0.4) is 0 Å². The zero-order valence-corrected chi connectivity index (χ0v) is 20.6. The van der Waals surface area contributed by atoms with Crippen molar-refractivity contribution >= 4 is 17.1 Å². The summed E-state index contributed by atoms with van der Waals surface area (Å²) in [5.41, 5.74) is 5.68. The first kappa shape index (κ1) is 24.1. The Kier molecular flexibility index (Phi) is 7.12. The number of hydrogen-bond donors (Lipinski definition) is 3. The SMILES string of the molecule is CCCN1CCC2=C(C=CC(=c3c(C(=O)NCC)noc3=C3CC(C(C)C)=C(O)C=C3O)C2)C1. The summed E-state index contributed by atoms with van der Waals surface area (Å²) >= 11 is 0. The number of allylic oxidation sites excluding steroid dienone is 4. The summed E-state index contributed by atoms with van der Waals surface area (Å²) in [5, 5.41) is 28.7. The maximum atomic E-state index is 12.9. The van der Waals surface area contributed by atoms with E-state index in [1.165, 1.54) is 17.2 Å². The Labute approximate surface area is 200 Å². The molecule has 7 heteroatoms. The third kappa shape index (κ3) is 4.62. The Hall–Kier alpha value is -3.06. The van der Waals surface area contributed by atoms with E-state index in [2.05, 4.69) is 34.4 Å². The topological polar surface area (TPSA) is 98.8 Å². The number of nitrogens with zero attached hydrogens (tertiary/aromatic N) is 2. The molecule has 0 saturated carbocycles. The average Bonchev–Trinajstić information content (AvgIpc) is 3.24. The molecule has 0 saturated heterocycles. The number of aliphatic hydroxyl groups excluding tert-OH is 2. The van der Waals surface area contributed by atoms with E-state index in [1.54, 1.807) is 0 Å². The third-order valence-electron chi connectivity index (χ3n) is 6.82. The van der Waals surface area contributed by atoms with Gasteiger partial charge in [0.25, 0.3) is 5.91 Å². The Bertz CT molecular complexity index is 1230. The molecule has 1 aromatic heterocycles. The molecular weight excluding hydrogens is 430 g/mol. The van der Waals surface area contributed by atoms with Crippen molar-refractivity contribution in [2.75, 3.05) is 26.2 Å². The molecule has 0 aromatic carbocycles. The number of carbonyl (C=O) groups is 1. The standard InChI is InChI=1S/C27H35N3O4/c1-5-10-30-11-9-17-12-18(7-8-19(17)15-30)24-25(27(33)28-6-2)29-34-26(24)21-13-20(16(3)4)22(31)14-23(21)32/h7-8,14,16,31-32H,5-6,9-13,15H2,1-4H3,(H,28,33). The van der Waals surface area contributed by atoms with Gasteiger partial charge in [0.15, 0.2) is 11.1 Å². The molecule has 3 aliphatic rings. The van der Waals surface area contributed by atoms with Crippen LogP contribution in [0.5, 0.6) is 0 Å². The predicted molar refractivity (Wildman–Crippen MR) is 133 cm³/mol. The summed E-state index contributed by atoms with van der Waals surface area (Å²) < 4.78 is 5.74. The summed E-state index contributed by atoms with van der Waals surface area (Å²) in [6.07, 6.45) is 8.77. The summed E-state index contributed by atoms with van der Waals surface area (Å²) in [7, 11) is 0. The second-order valence-electron chi connectivity index (χ2n) is 9.54. The molecule has 1 aliphatic heterocycles. The molecule has 7 nitrogen and oxygen atoms in total. The van der Waals surface area contributed by atoms with E-state index in [4.69, 9.17) is 4.52 Å². The molecule has 2 aliphatic carbocycles. The Morgan fingerprint density at radius 1 is 1.21 bits per heavy atom. The van der Waals surface area contributed by atoms with Crippen molar-refractivity contribution in [3.63, 3.8) is 0 Å². The summed E-state index contributed by atoms with van der Waals surface area (Å²) in [4.78, 5) is 15.4. The van der Waals surface area contributed by atoms with E-state index in [-0.39, 0.29) is 29.0 Å². The van der Waals surface area contributed by atoms with Gasteiger partial charge in [0.2, 0.25) is 0 Å². The zero-order chi connectivity index (χ0) is 24.4. The van der Waals surface area contributed by atoms with Gasteiger partial charge in [-0.2, -0.15) is 0 Å². The Morgan fingerprint density at radius 3 is 2.68 bits per heavy atom. The molecule has 2 heterocycles. The molecule has 0 unspecified atom stereocenters. The Morgan fingerprint density at radius 2 is 1.97 bits per heavy atom. The maximum Gasteiger partial charge on any atom is 0.274 e. The highest BCUT2D eigenvalue weighted by atomic mass is 16.5. The van der Waals surface area contributed by atoms with Crippen molar-refractivity contribution in [1.29, 1.82) is 0 Å². The lowest BCUT2D eigenvalue weighted by molar-refractivity contribution is 0.0946. The fourth-order valence-electron chi connectivity index (χ4n) is 5.00. The van der Waals surface area contributed by atoms with Crippen LogP contribution in [-0.4, -0.2) is 52.4 Å². The highest BCUT2D eigenvalue weighted by molar-refractivity contribution is 5.93. The zero-order valence-electron chi connectivity index (χ0n) is 20.6. The van der Waals surface area contributed by atoms with Crippen molar-refractivity contribution < 1.29 is 19.5 Å². The van der Waals surface area contributed by atoms with Crippen LogP contribution in [0.2, 0.25) is 0 Å². The van der Waals surface area contributed by atoms with Gasteiger partial charge in [-0.25, -0.2) is 0 Å². The number of aromatic nitrogens is 1. The van der Waals surface area contributed by atoms with Gasteiger partial charge in [0.1, 0.15) is 11.5 Å². The van der Waals surface area contributed by atoms with Crippen LogP contribution in [-0.2, 0) is 0 Å². The first-order valence-corrected chi connectivity index (χ1v) is 12.3. The molecule has 0 spiro atoms. The molecule has 182 valence electrons. The van der Waals surface area contributed by atoms with E-state index >= 15 is 0 Å². The van der Waals surface area contributed by atoms with Crippen molar-refractivity contribution in [3.05, 3.63) is 62.8 Å². The van der Waals surface area contributed by atoms with Gasteiger partial charge in [-0.3, -0.25) is 9.69 Å².